The van der Waals surface area contributed by atoms with Crippen molar-refractivity contribution in [3.05, 3.63) is 60.7 Å². The van der Waals surface area contributed by atoms with E-state index in [-0.39, 0.29) is 0 Å². The maximum Gasteiger partial charge on any atom is 0.169 e. The van der Waals surface area contributed by atoms with Crippen molar-refractivity contribution in [1.82, 2.24) is 0 Å². The smallest absolute Gasteiger partial charge is 0.169 e. The molecule has 0 spiro atoms. The summed E-state index contributed by atoms with van der Waals surface area (Å²) < 4.78 is 0. The number of nitrogens with one attached hydrogen (secondary N) is 2. The van der Waals surface area contributed by atoms with Gasteiger partial charge in [-0.25, -0.2) is 0 Å². The van der Waals surface area contributed by atoms with Gasteiger partial charge in [0.25, 0.3) is 0 Å². The van der Waals surface area contributed by atoms with E-state index >= 15 is 0 Å². The van der Waals surface area contributed by atoms with Crippen molar-refractivity contribution in [2.24, 2.45) is 0 Å². The van der Waals surface area contributed by atoms with Gasteiger partial charge in [-0.2, -0.15) is 0 Å². The Morgan fingerprint density at radius 3 is 1.28 bits per heavy atom. The van der Waals surface area contributed by atoms with E-state index in [9.17, 15) is 10.2 Å². The standard InChI is InChI=1S/C14H16N2O2/c17-13(15-11-7-3-1-4-8-11)14(18)16-12-9-5-2-6-10-12/h1-10,13-18H. The second-order valence-corrected chi connectivity index (χ2v) is 3.91. The third kappa shape index (κ3) is 3.48. The van der Waals surface area contributed by atoms with Gasteiger partial charge in [-0.3, -0.25) is 0 Å². The Morgan fingerprint density at radius 2 is 0.944 bits per heavy atom. The summed E-state index contributed by atoms with van der Waals surface area (Å²) in [6.07, 6.45) is -2.18. The van der Waals surface area contributed by atoms with Crippen molar-refractivity contribution >= 4 is 11.4 Å². The summed E-state index contributed by atoms with van der Waals surface area (Å²) in [5, 5.41) is 25.2. The van der Waals surface area contributed by atoms with Crippen LogP contribution in [0.4, 0.5) is 11.4 Å². The Bertz CT molecular complexity index is 416. The van der Waals surface area contributed by atoms with Gasteiger partial charge in [0.15, 0.2) is 12.5 Å². The number of rotatable bonds is 5. The normalized spacial score (nSPS) is 13.7. The van der Waals surface area contributed by atoms with Crippen LogP contribution in [0.1, 0.15) is 0 Å². The average molecular weight is 244 g/mol. The van der Waals surface area contributed by atoms with Gasteiger partial charge in [0.2, 0.25) is 0 Å². The van der Waals surface area contributed by atoms with E-state index in [4.69, 9.17) is 0 Å². The molecule has 94 valence electrons. The predicted octanol–water partition coefficient (Wildman–Crippen LogP) is 1.85. The molecule has 0 saturated heterocycles. The molecule has 2 atom stereocenters. The maximum atomic E-state index is 9.81. The summed E-state index contributed by atoms with van der Waals surface area (Å²) in [5.41, 5.74) is 1.50. The SMILES string of the molecule is OC(Nc1ccccc1)C(O)Nc1ccccc1. The molecule has 0 heterocycles. The van der Waals surface area contributed by atoms with Crippen LogP contribution in [0.2, 0.25) is 0 Å². The number of benzene rings is 2. The summed E-state index contributed by atoms with van der Waals surface area (Å²) in [7, 11) is 0. The molecule has 2 aromatic carbocycles. The molecule has 0 bridgehead atoms. The minimum absolute atomic E-state index is 0.749. The first kappa shape index (κ1) is 12.4. The van der Waals surface area contributed by atoms with Gasteiger partial charge in [-0.05, 0) is 24.3 Å². The number of hydrogen-bond acceptors (Lipinski definition) is 4. The Hall–Kier alpha value is -2.04. The monoisotopic (exact) mass is 244 g/mol. The second-order valence-electron chi connectivity index (χ2n) is 3.91. The molecule has 0 aliphatic carbocycles. The highest BCUT2D eigenvalue weighted by atomic mass is 16.4. The van der Waals surface area contributed by atoms with Crippen molar-refractivity contribution < 1.29 is 10.2 Å². The topological polar surface area (TPSA) is 64.5 Å². The van der Waals surface area contributed by atoms with E-state index in [0.29, 0.717) is 0 Å². The fraction of sp³-hybridized carbons (Fsp3) is 0.143. The van der Waals surface area contributed by atoms with Crippen LogP contribution in [0.25, 0.3) is 0 Å². The number of para-hydroxylation sites is 2. The van der Waals surface area contributed by atoms with E-state index in [1.165, 1.54) is 0 Å². The molecule has 18 heavy (non-hydrogen) atoms. The molecule has 0 fully saturated rings. The summed E-state index contributed by atoms with van der Waals surface area (Å²) in [6.45, 7) is 0. The quantitative estimate of drug-likeness (QED) is 0.606. The molecule has 0 aromatic heterocycles. The average Bonchev–Trinajstić information content (AvgIpc) is 2.41. The van der Waals surface area contributed by atoms with Crippen LogP contribution in [0.15, 0.2) is 60.7 Å². The Kier molecular flexibility index (Phi) is 4.17. The minimum Gasteiger partial charge on any atom is -0.369 e. The molecule has 4 heteroatoms. The van der Waals surface area contributed by atoms with Gasteiger partial charge in [0.1, 0.15) is 0 Å². The van der Waals surface area contributed by atoms with Crippen LogP contribution in [-0.4, -0.2) is 22.7 Å². The first-order valence-electron chi connectivity index (χ1n) is 5.75. The zero-order chi connectivity index (χ0) is 12.8. The molecule has 2 rings (SSSR count). The number of hydrogen-bond donors (Lipinski definition) is 4. The first-order chi connectivity index (χ1) is 8.75. The lowest BCUT2D eigenvalue weighted by Gasteiger charge is -2.21. The van der Waals surface area contributed by atoms with Crippen molar-refractivity contribution in [1.29, 1.82) is 0 Å². The Morgan fingerprint density at radius 1 is 0.611 bits per heavy atom. The van der Waals surface area contributed by atoms with Crippen molar-refractivity contribution in [3.8, 4) is 0 Å². The van der Waals surface area contributed by atoms with Crippen LogP contribution in [-0.2, 0) is 0 Å². The number of anilines is 2. The van der Waals surface area contributed by atoms with Gasteiger partial charge in [-0.15, -0.1) is 0 Å². The molecule has 0 radical (unpaired) electrons. The largest absolute Gasteiger partial charge is 0.369 e. The fourth-order valence-corrected chi connectivity index (χ4v) is 1.57. The molecular weight excluding hydrogens is 228 g/mol. The lowest BCUT2D eigenvalue weighted by Crippen LogP contribution is -2.38. The molecule has 0 aliphatic heterocycles. The van der Waals surface area contributed by atoms with E-state index in [0.717, 1.165) is 11.4 Å². The van der Waals surface area contributed by atoms with Crippen LogP contribution >= 0.6 is 0 Å². The lowest BCUT2D eigenvalue weighted by molar-refractivity contribution is 0.0556. The van der Waals surface area contributed by atoms with Gasteiger partial charge in [-0.1, -0.05) is 36.4 Å². The zero-order valence-corrected chi connectivity index (χ0v) is 9.82. The van der Waals surface area contributed by atoms with Gasteiger partial charge < -0.3 is 20.8 Å². The van der Waals surface area contributed by atoms with Crippen LogP contribution in [0, 0.1) is 0 Å². The van der Waals surface area contributed by atoms with Crippen LogP contribution in [0.5, 0.6) is 0 Å². The highest BCUT2D eigenvalue weighted by molar-refractivity contribution is 5.45. The van der Waals surface area contributed by atoms with Gasteiger partial charge in [0, 0.05) is 11.4 Å². The maximum absolute atomic E-state index is 9.81. The van der Waals surface area contributed by atoms with E-state index < -0.39 is 12.5 Å². The van der Waals surface area contributed by atoms with Crippen molar-refractivity contribution in [2.45, 2.75) is 12.5 Å². The Labute approximate surface area is 106 Å². The van der Waals surface area contributed by atoms with E-state index in [2.05, 4.69) is 10.6 Å². The highest BCUT2D eigenvalue weighted by Gasteiger charge is 2.15. The van der Waals surface area contributed by atoms with Crippen LogP contribution < -0.4 is 10.6 Å². The van der Waals surface area contributed by atoms with Crippen molar-refractivity contribution in [3.63, 3.8) is 0 Å². The van der Waals surface area contributed by atoms with Gasteiger partial charge in [0.05, 0.1) is 0 Å². The minimum atomic E-state index is -1.09. The molecule has 4 N–H and O–H groups in total. The third-order valence-corrected chi connectivity index (χ3v) is 2.48. The first-order valence-corrected chi connectivity index (χ1v) is 5.75. The molecule has 0 saturated carbocycles. The fourth-order valence-electron chi connectivity index (χ4n) is 1.57. The van der Waals surface area contributed by atoms with Gasteiger partial charge >= 0.3 is 0 Å². The highest BCUT2D eigenvalue weighted by Crippen LogP contribution is 2.11. The number of aliphatic hydroxyl groups is 2. The van der Waals surface area contributed by atoms with Crippen LogP contribution in [0.3, 0.4) is 0 Å². The lowest BCUT2D eigenvalue weighted by atomic mass is 10.3. The van der Waals surface area contributed by atoms with E-state index in [1.54, 1.807) is 0 Å². The summed E-state index contributed by atoms with van der Waals surface area (Å²) in [6, 6.07) is 18.5. The molecule has 0 aliphatic rings. The second kappa shape index (κ2) is 6.05. The van der Waals surface area contributed by atoms with E-state index in [1.807, 2.05) is 60.7 Å². The number of aliphatic hydroxyl groups excluding tert-OH is 2. The predicted molar refractivity (Wildman–Crippen MR) is 72.1 cm³/mol. The molecule has 4 nitrogen and oxygen atoms in total. The zero-order valence-electron chi connectivity index (χ0n) is 9.82. The Balaban J connectivity index is 1.91. The molecule has 2 unspecified atom stereocenters. The molecule has 0 amide bonds. The van der Waals surface area contributed by atoms with Crippen molar-refractivity contribution in [2.75, 3.05) is 10.6 Å². The molecule has 2 aromatic rings. The summed E-state index contributed by atoms with van der Waals surface area (Å²) >= 11 is 0. The third-order valence-electron chi connectivity index (χ3n) is 2.48. The summed E-state index contributed by atoms with van der Waals surface area (Å²) in [5.74, 6) is 0. The summed E-state index contributed by atoms with van der Waals surface area (Å²) in [4.78, 5) is 0. The molecular formula is C14H16N2O2.